The van der Waals surface area contributed by atoms with Gasteiger partial charge in [-0.25, -0.2) is 4.79 Å². The Kier molecular flexibility index (Phi) is 8.41. The summed E-state index contributed by atoms with van der Waals surface area (Å²) in [5.74, 6) is -1.84. The molecule has 0 radical (unpaired) electrons. The summed E-state index contributed by atoms with van der Waals surface area (Å²) in [6.07, 6.45) is -2.76. The maximum absolute atomic E-state index is 13.0. The van der Waals surface area contributed by atoms with E-state index in [2.05, 4.69) is 25.6 Å². The Hall–Kier alpha value is -4.10. The number of hydrogen-bond donors (Lipinski definition) is 4. The number of ether oxygens (including phenoxy) is 1. The SMILES string of the molecule is O=C(CCNCc1ccc(OC(F)(F)F)c(Cl)c1)NCCCn1c(=O)c2[nH]ncc2c2ccc(C(=O)O)cc21. The number of aromatic amines is 1. The first-order chi connectivity index (χ1) is 18.5. The molecular formula is C25H23ClF3N5O5. The number of benzene rings is 2. The molecule has 0 saturated heterocycles. The van der Waals surface area contributed by atoms with Crippen molar-refractivity contribution in [1.82, 2.24) is 25.4 Å². The first kappa shape index (κ1) is 27.9. The first-order valence-electron chi connectivity index (χ1n) is 11.8. The van der Waals surface area contributed by atoms with Crippen LogP contribution in [0.5, 0.6) is 5.75 Å². The second kappa shape index (κ2) is 11.7. The summed E-state index contributed by atoms with van der Waals surface area (Å²) in [6.45, 7) is 1.11. The number of carbonyl (C=O) groups excluding carboxylic acids is 1. The van der Waals surface area contributed by atoms with Crippen LogP contribution in [0.25, 0.3) is 21.8 Å². The van der Waals surface area contributed by atoms with E-state index in [1.807, 2.05) is 0 Å². The molecule has 0 aliphatic carbocycles. The van der Waals surface area contributed by atoms with Gasteiger partial charge in [-0.3, -0.25) is 14.7 Å². The Morgan fingerprint density at radius 2 is 1.92 bits per heavy atom. The molecule has 0 atom stereocenters. The average Bonchev–Trinajstić information content (AvgIpc) is 3.37. The van der Waals surface area contributed by atoms with Gasteiger partial charge in [-0.2, -0.15) is 5.10 Å². The van der Waals surface area contributed by atoms with E-state index >= 15 is 0 Å². The van der Waals surface area contributed by atoms with Gasteiger partial charge >= 0.3 is 12.3 Å². The predicted octanol–water partition coefficient (Wildman–Crippen LogP) is 3.81. The minimum absolute atomic E-state index is 0.0483. The van der Waals surface area contributed by atoms with Gasteiger partial charge in [-0.05, 0) is 36.2 Å². The molecule has 0 saturated carbocycles. The average molecular weight is 566 g/mol. The number of carboxylic acid groups (broad SMARTS) is 1. The molecule has 0 aliphatic rings. The molecule has 4 rings (SSSR count). The zero-order valence-electron chi connectivity index (χ0n) is 20.3. The van der Waals surface area contributed by atoms with Crippen LogP contribution in [0.4, 0.5) is 13.2 Å². The smallest absolute Gasteiger partial charge is 0.478 e. The van der Waals surface area contributed by atoms with Gasteiger partial charge in [0.1, 0.15) is 11.3 Å². The quantitative estimate of drug-likeness (QED) is 0.203. The number of alkyl halides is 3. The van der Waals surface area contributed by atoms with E-state index in [4.69, 9.17) is 11.6 Å². The van der Waals surface area contributed by atoms with E-state index < -0.39 is 18.1 Å². The summed E-state index contributed by atoms with van der Waals surface area (Å²) < 4.78 is 42.3. The molecule has 10 nitrogen and oxygen atoms in total. The third kappa shape index (κ3) is 6.86. The number of amides is 1. The van der Waals surface area contributed by atoms with Crippen molar-refractivity contribution in [1.29, 1.82) is 0 Å². The fraction of sp³-hybridized carbons (Fsp3) is 0.280. The molecule has 2 aromatic heterocycles. The second-order valence-corrected chi connectivity index (χ2v) is 9.00. The van der Waals surface area contributed by atoms with Crippen LogP contribution in [0.3, 0.4) is 0 Å². The highest BCUT2D eigenvalue weighted by molar-refractivity contribution is 6.32. The Morgan fingerprint density at radius 1 is 1.13 bits per heavy atom. The number of H-pyrrole nitrogens is 1. The van der Waals surface area contributed by atoms with E-state index in [-0.39, 0.29) is 48.1 Å². The van der Waals surface area contributed by atoms with E-state index in [0.29, 0.717) is 40.3 Å². The number of nitrogens with zero attached hydrogens (tertiary/aromatic N) is 2. The standard InChI is InChI=1S/C25H23ClF3N5O5/c26-18-10-14(2-5-20(18)39-25(27,28)29)12-30-8-6-21(35)31-7-1-9-34-19-11-15(24(37)38)3-4-16(19)17-13-32-33-22(17)23(34)36/h2-5,10-11,13,30H,1,6-9,12H2,(H,31,35)(H,32,33)(H,37,38). The van der Waals surface area contributed by atoms with Crippen LogP contribution in [0.15, 0.2) is 47.4 Å². The second-order valence-electron chi connectivity index (χ2n) is 8.60. The monoisotopic (exact) mass is 565 g/mol. The molecule has 2 heterocycles. The molecule has 0 bridgehead atoms. The number of nitrogens with one attached hydrogen (secondary N) is 3. The zero-order valence-corrected chi connectivity index (χ0v) is 21.0. The summed E-state index contributed by atoms with van der Waals surface area (Å²) in [4.78, 5) is 36.6. The normalized spacial score (nSPS) is 11.7. The number of aryl methyl sites for hydroxylation is 1. The van der Waals surface area contributed by atoms with Gasteiger partial charge in [0, 0.05) is 43.4 Å². The lowest BCUT2D eigenvalue weighted by Gasteiger charge is -2.13. The van der Waals surface area contributed by atoms with E-state index in [0.717, 1.165) is 6.07 Å². The van der Waals surface area contributed by atoms with Crippen molar-refractivity contribution in [2.45, 2.75) is 32.3 Å². The van der Waals surface area contributed by atoms with Crippen LogP contribution < -0.4 is 20.9 Å². The van der Waals surface area contributed by atoms with Crippen molar-refractivity contribution < 1.29 is 32.6 Å². The molecule has 4 N–H and O–H groups in total. The largest absolute Gasteiger partial charge is 0.573 e. The Bertz CT molecular complexity index is 1580. The Labute approximate surface area is 223 Å². The molecule has 0 spiro atoms. The van der Waals surface area contributed by atoms with E-state index in [1.165, 1.54) is 35.0 Å². The highest BCUT2D eigenvalue weighted by atomic mass is 35.5. The van der Waals surface area contributed by atoms with Gasteiger partial charge < -0.3 is 25.0 Å². The predicted molar refractivity (Wildman–Crippen MR) is 137 cm³/mol. The van der Waals surface area contributed by atoms with E-state index in [1.54, 1.807) is 6.07 Å². The number of fused-ring (bicyclic) bond motifs is 3. The van der Waals surface area contributed by atoms with Gasteiger partial charge in [0.2, 0.25) is 5.91 Å². The van der Waals surface area contributed by atoms with Crippen LogP contribution in [0, 0.1) is 0 Å². The molecule has 14 heteroatoms. The lowest BCUT2D eigenvalue weighted by atomic mass is 10.1. The molecule has 2 aromatic carbocycles. The number of halogens is 4. The number of rotatable bonds is 11. The number of carbonyl (C=O) groups is 2. The van der Waals surface area contributed by atoms with Crippen molar-refractivity contribution in [3.8, 4) is 5.75 Å². The molecule has 0 aliphatic heterocycles. The van der Waals surface area contributed by atoms with Crippen LogP contribution >= 0.6 is 11.6 Å². The van der Waals surface area contributed by atoms with Crippen LogP contribution in [-0.4, -0.2) is 51.2 Å². The number of aromatic nitrogens is 3. The van der Waals surface area contributed by atoms with Crippen molar-refractivity contribution in [3.63, 3.8) is 0 Å². The van der Waals surface area contributed by atoms with Gasteiger partial charge in [0.05, 0.1) is 22.3 Å². The highest BCUT2D eigenvalue weighted by Crippen LogP contribution is 2.30. The molecular weight excluding hydrogens is 543 g/mol. The fourth-order valence-corrected chi connectivity index (χ4v) is 4.33. The number of aromatic carboxylic acids is 1. The highest BCUT2D eigenvalue weighted by Gasteiger charge is 2.32. The molecule has 39 heavy (non-hydrogen) atoms. The summed E-state index contributed by atoms with van der Waals surface area (Å²) >= 11 is 5.83. The minimum Gasteiger partial charge on any atom is -0.478 e. The maximum atomic E-state index is 13.0. The van der Waals surface area contributed by atoms with Crippen LogP contribution in [-0.2, 0) is 17.9 Å². The lowest BCUT2D eigenvalue weighted by Crippen LogP contribution is -2.30. The molecule has 1 amide bonds. The van der Waals surface area contributed by atoms with Gasteiger partial charge in [0.25, 0.3) is 5.56 Å². The van der Waals surface area contributed by atoms with Gasteiger partial charge in [-0.15, -0.1) is 13.2 Å². The van der Waals surface area contributed by atoms with Crippen molar-refractivity contribution >= 4 is 45.3 Å². The molecule has 0 unspecified atom stereocenters. The Balaban J connectivity index is 1.27. The third-order valence-corrected chi connectivity index (χ3v) is 6.18. The topological polar surface area (TPSA) is 138 Å². The lowest BCUT2D eigenvalue weighted by molar-refractivity contribution is -0.274. The van der Waals surface area contributed by atoms with E-state index in [9.17, 15) is 32.7 Å². The third-order valence-electron chi connectivity index (χ3n) is 5.88. The molecule has 4 aromatic rings. The molecule has 0 fully saturated rings. The summed E-state index contributed by atoms with van der Waals surface area (Å²) in [5.41, 5.74) is 1.10. The van der Waals surface area contributed by atoms with Gasteiger partial charge in [0.15, 0.2) is 0 Å². The molecule has 206 valence electrons. The van der Waals surface area contributed by atoms with Crippen molar-refractivity contribution in [2.75, 3.05) is 13.1 Å². The van der Waals surface area contributed by atoms with Crippen molar-refractivity contribution in [2.24, 2.45) is 0 Å². The summed E-state index contributed by atoms with van der Waals surface area (Å²) in [5, 5.41) is 22.9. The minimum atomic E-state index is -4.84. The maximum Gasteiger partial charge on any atom is 0.573 e. The van der Waals surface area contributed by atoms with Crippen LogP contribution in [0.2, 0.25) is 5.02 Å². The van der Waals surface area contributed by atoms with Crippen molar-refractivity contribution in [3.05, 3.63) is 69.1 Å². The Morgan fingerprint density at radius 3 is 2.64 bits per heavy atom. The van der Waals surface area contributed by atoms with Gasteiger partial charge in [-0.1, -0.05) is 23.7 Å². The summed E-state index contributed by atoms with van der Waals surface area (Å²) in [6, 6.07) is 8.46. The number of hydrogen-bond acceptors (Lipinski definition) is 6. The fourth-order valence-electron chi connectivity index (χ4n) is 4.09. The number of carboxylic acids is 1. The number of pyridine rings is 1. The van der Waals surface area contributed by atoms with Crippen LogP contribution in [0.1, 0.15) is 28.8 Å². The summed E-state index contributed by atoms with van der Waals surface area (Å²) in [7, 11) is 0. The zero-order chi connectivity index (χ0) is 28.2. The first-order valence-corrected chi connectivity index (χ1v) is 12.2.